The number of hydrogen-bond acceptors (Lipinski definition) is 3. The molecule has 112 valence electrons. The van der Waals surface area contributed by atoms with E-state index >= 15 is 0 Å². The van der Waals surface area contributed by atoms with Crippen LogP contribution in [-0.4, -0.2) is 54.0 Å². The maximum Gasteiger partial charge on any atom is 0.239 e. The summed E-state index contributed by atoms with van der Waals surface area (Å²) in [5.41, 5.74) is 6.00. The highest BCUT2D eigenvalue weighted by atomic mass is 35.5. The molecule has 0 aliphatic carbocycles. The number of nitrogens with two attached hydrogens (primary N) is 1. The topological polar surface area (TPSA) is 49.6 Å². The molecular weight excluding hydrogens is 262 g/mol. The molecular formula is C14H28ClN3O. The van der Waals surface area contributed by atoms with Crippen LogP contribution in [0.1, 0.15) is 45.4 Å². The van der Waals surface area contributed by atoms with Crippen LogP contribution >= 0.6 is 12.4 Å². The van der Waals surface area contributed by atoms with Gasteiger partial charge in [0.15, 0.2) is 0 Å². The Morgan fingerprint density at radius 1 is 1.11 bits per heavy atom. The number of amides is 1. The summed E-state index contributed by atoms with van der Waals surface area (Å²) in [6.45, 7) is 5.84. The van der Waals surface area contributed by atoms with Crippen LogP contribution < -0.4 is 5.73 Å². The van der Waals surface area contributed by atoms with E-state index in [2.05, 4.69) is 9.80 Å². The fraction of sp³-hybridized carbons (Fsp3) is 0.929. The van der Waals surface area contributed by atoms with Gasteiger partial charge in [-0.05, 0) is 39.2 Å². The fourth-order valence-electron chi connectivity index (χ4n) is 3.10. The molecule has 1 amide bonds. The van der Waals surface area contributed by atoms with Crippen molar-refractivity contribution in [2.75, 3.05) is 26.2 Å². The lowest BCUT2D eigenvalue weighted by Gasteiger charge is -2.36. The van der Waals surface area contributed by atoms with E-state index in [1.165, 1.54) is 12.8 Å². The Balaban J connectivity index is 0.00000180. The Morgan fingerprint density at radius 2 is 1.74 bits per heavy atom. The van der Waals surface area contributed by atoms with E-state index in [0.29, 0.717) is 5.91 Å². The van der Waals surface area contributed by atoms with E-state index in [4.69, 9.17) is 5.73 Å². The summed E-state index contributed by atoms with van der Waals surface area (Å²) in [7, 11) is 0. The molecule has 1 unspecified atom stereocenters. The second-order valence-electron chi connectivity index (χ2n) is 5.81. The smallest absolute Gasteiger partial charge is 0.239 e. The number of hydrogen-bond donors (Lipinski definition) is 1. The average molecular weight is 290 g/mol. The number of piperidine rings is 1. The standard InChI is InChI=1S/C14H27N3O.ClH/c1-12(17-10-6-7-13(15)11-17)14(18)16-8-4-2-3-5-9-16;/h12-13H,2-11,15H2,1H3;1H/t12?,13-;/m1./s1. The first-order valence-electron chi connectivity index (χ1n) is 7.47. The zero-order valence-electron chi connectivity index (χ0n) is 12.0. The van der Waals surface area contributed by atoms with Crippen molar-refractivity contribution >= 4 is 18.3 Å². The van der Waals surface area contributed by atoms with Gasteiger partial charge in [-0.25, -0.2) is 0 Å². The van der Waals surface area contributed by atoms with Gasteiger partial charge >= 0.3 is 0 Å². The molecule has 2 aliphatic rings. The Kier molecular flexibility index (Phi) is 7.11. The quantitative estimate of drug-likeness (QED) is 0.840. The Morgan fingerprint density at radius 3 is 2.32 bits per heavy atom. The van der Waals surface area contributed by atoms with Crippen molar-refractivity contribution in [3.8, 4) is 0 Å². The summed E-state index contributed by atoms with van der Waals surface area (Å²) in [4.78, 5) is 16.8. The number of halogens is 1. The van der Waals surface area contributed by atoms with Crippen molar-refractivity contribution in [2.45, 2.75) is 57.5 Å². The number of rotatable bonds is 2. The average Bonchev–Trinajstić information content (AvgIpc) is 2.66. The zero-order valence-corrected chi connectivity index (χ0v) is 12.8. The monoisotopic (exact) mass is 289 g/mol. The maximum atomic E-state index is 12.5. The molecule has 0 radical (unpaired) electrons. The van der Waals surface area contributed by atoms with Crippen LogP contribution in [0.3, 0.4) is 0 Å². The van der Waals surface area contributed by atoms with Crippen LogP contribution in [0.25, 0.3) is 0 Å². The molecule has 2 N–H and O–H groups in total. The van der Waals surface area contributed by atoms with Gasteiger partial charge in [0.2, 0.25) is 5.91 Å². The van der Waals surface area contributed by atoms with Crippen molar-refractivity contribution in [1.29, 1.82) is 0 Å². The summed E-state index contributed by atoms with van der Waals surface area (Å²) in [5, 5.41) is 0. The SMILES string of the molecule is CC(C(=O)N1CCCCCC1)N1CCC[C@@H](N)C1.Cl. The first-order chi connectivity index (χ1) is 8.68. The van der Waals surface area contributed by atoms with E-state index in [9.17, 15) is 4.79 Å². The summed E-state index contributed by atoms with van der Waals surface area (Å²) in [5.74, 6) is 0.311. The molecule has 0 aromatic heterocycles. The number of carbonyl (C=O) groups is 1. The molecule has 2 atom stereocenters. The van der Waals surface area contributed by atoms with Gasteiger partial charge in [-0.3, -0.25) is 9.69 Å². The molecule has 0 aromatic carbocycles. The van der Waals surface area contributed by atoms with Crippen LogP contribution in [0.2, 0.25) is 0 Å². The number of carbonyl (C=O) groups excluding carboxylic acids is 1. The third kappa shape index (κ3) is 4.62. The predicted molar refractivity (Wildman–Crippen MR) is 80.5 cm³/mol. The van der Waals surface area contributed by atoms with E-state index in [-0.39, 0.29) is 24.5 Å². The van der Waals surface area contributed by atoms with Crippen LogP contribution in [0.4, 0.5) is 0 Å². The third-order valence-corrected chi connectivity index (χ3v) is 4.31. The molecule has 0 aromatic rings. The Hall–Kier alpha value is -0.320. The minimum atomic E-state index is 0. The molecule has 2 rings (SSSR count). The van der Waals surface area contributed by atoms with Crippen LogP contribution in [0, 0.1) is 0 Å². The van der Waals surface area contributed by atoms with Gasteiger partial charge in [-0.2, -0.15) is 0 Å². The molecule has 0 bridgehead atoms. The normalized spacial score (nSPS) is 27.3. The zero-order chi connectivity index (χ0) is 13.0. The molecule has 2 aliphatic heterocycles. The Bertz CT molecular complexity index is 280. The molecule has 0 spiro atoms. The van der Waals surface area contributed by atoms with E-state index < -0.39 is 0 Å². The second kappa shape index (κ2) is 8.08. The Labute approximate surface area is 123 Å². The summed E-state index contributed by atoms with van der Waals surface area (Å²) in [6.07, 6.45) is 7.09. The van der Waals surface area contributed by atoms with Crippen molar-refractivity contribution in [1.82, 2.24) is 9.80 Å². The molecule has 0 saturated carbocycles. The van der Waals surface area contributed by atoms with Gasteiger partial charge in [-0.15, -0.1) is 12.4 Å². The van der Waals surface area contributed by atoms with E-state index in [1.54, 1.807) is 0 Å². The summed E-state index contributed by atoms with van der Waals surface area (Å²) >= 11 is 0. The molecule has 2 heterocycles. The van der Waals surface area contributed by atoms with Crippen LogP contribution in [0.5, 0.6) is 0 Å². The summed E-state index contributed by atoms with van der Waals surface area (Å²) in [6, 6.07) is 0.257. The highest BCUT2D eigenvalue weighted by Gasteiger charge is 2.29. The van der Waals surface area contributed by atoms with Crippen LogP contribution in [-0.2, 0) is 4.79 Å². The molecule has 2 fully saturated rings. The van der Waals surface area contributed by atoms with Gasteiger partial charge in [0.1, 0.15) is 0 Å². The highest BCUT2D eigenvalue weighted by molar-refractivity contribution is 5.85. The first-order valence-corrected chi connectivity index (χ1v) is 7.47. The van der Waals surface area contributed by atoms with E-state index in [1.807, 2.05) is 6.92 Å². The van der Waals surface area contributed by atoms with Gasteiger partial charge in [0.25, 0.3) is 0 Å². The molecule has 5 heteroatoms. The lowest BCUT2D eigenvalue weighted by Crippen LogP contribution is -2.53. The van der Waals surface area contributed by atoms with Crippen molar-refractivity contribution in [3.63, 3.8) is 0 Å². The lowest BCUT2D eigenvalue weighted by atomic mass is 10.0. The van der Waals surface area contributed by atoms with Crippen LogP contribution in [0.15, 0.2) is 0 Å². The first kappa shape index (κ1) is 16.7. The molecule has 2 saturated heterocycles. The fourth-order valence-corrected chi connectivity index (χ4v) is 3.10. The lowest BCUT2D eigenvalue weighted by molar-refractivity contribution is -0.136. The minimum absolute atomic E-state index is 0. The molecule has 19 heavy (non-hydrogen) atoms. The van der Waals surface area contributed by atoms with Crippen molar-refractivity contribution < 1.29 is 4.79 Å². The number of likely N-dealkylation sites (tertiary alicyclic amines) is 2. The number of nitrogens with zero attached hydrogens (tertiary/aromatic N) is 2. The second-order valence-corrected chi connectivity index (χ2v) is 5.81. The van der Waals surface area contributed by atoms with Gasteiger partial charge in [0.05, 0.1) is 6.04 Å². The van der Waals surface area contributed by atoms with Gasteiger partial charge in [0, 0.05) is 25.7 Å². The molecule has 4 nitrogen and oxygen atoms in total. The van der Waals surface area contributed by atoms with Crippen molar-refractivity contribution in [2.24, 2.45) is 5.73 Å². The van der Waals surface area contributed by atoms with Crippen molar-refractivity contribution in [3.05, 3.63) is 0 Å². The van der Waals surface area contributed by atoms with E-state index in [0.717, 1.165) is 51.9 Å². The largest absolute Gasteiger partial charge is 0.341 e. The predicted octanol–water partition coefficient (Wildman–Crippen LogP) is 1.62. The third-order valence-electron chi connectivity index (χ3n) is 4.31. The minimum Gasteiger partial charge on any atom is -0.341 e. The van der Waals surface area contributed by atoms with Gasteiger partial charge in [-0.1, -0.05) is 12.8 Å². The summed E-state index contributed by atoms with van der Waals surface area (Å²) < 4.78 is 0. The maximum absolute atomic E-state index is 12.5. The van der Waals surface area contributed by atoms with Gasteiger partial charge < -0.3 is 10.6 Å². The highest BCUT2D eigenvalue weighted by Crippen LogP contribution is 2.16.